The van der Waals surface area contributed by atoms with E-state index in [9.17, 15) is 0 Å². The summed E-state index contributed by atoms with van der Waals surface area (Å²) in [6.07, 6.45) is 2.13. The van der Waals surface area contributed by atoms with Crippen LogP contribution in [-0.4, -0.2) is 24.8 Å². The zero-order valence-electron chi connectivity index (χ0n) is 12.6. The second kappa shape index (κ2) is 6.33. The number of aryl methyl sites for hydroxylation is 1. The maximum absolute atomic E-state index is 6.20. The number of nitrogens with two attached hydrogens (primary N) is 1. The van der Waals surface area contributed by atoms with Gasteiger partial charge in [0.25, 0.3) is 0 Å². The average molecular weight is 297 g/mol. The number of hydrogen-bond acceptors (Lipinski definition) is 3. The monoisotopic (exact) mass is 296 g/mol. The number of halogens is 1. The van der Waals surface area contributed by atoms with Crippen LogP contribution >= 0.6 is 11.6 Å². The Hall–Kier alpha value is -0.770. The van der Waals surface area contributed by atoms with Crippen molar-refractivity contribution >= 4 is 17.3 Å². The van der Waals surface area contributed by atoms with E-state index in [1.54, 1.807) is 0 Å². The van der Waals surface area contributed by atoms with E-state index in [2.05, 4.69) is 25.2 Å². The molecule has 1 fully saturated rings. The van der Waals surface area contributed by atoms with Gasteiger partial charge in [-0.3, -0.25) is 0 Å². The summed E-state index contributed by atoms with van der Waals surface area (Å²) in [6, 6.07) is 6.08. The molecule has 4 heteroatoms. The second-order valence-electron chi connectivity index (χ2n) is 6.18. The Morgan fingerprint density at radius 1 is 1.50 bits per heavy atom. The predicted molar refractivity (Wildman–Crippen MR) is 85.4 cm³/mol. The third-order valence-corrected chi connectivity index (χ3v) is 4.63. The van der Waals surface area contributed by atoms with Crippen molar-refractivity contribution in [3.8, 4) is 0 Å². The van der Waals surface area contributed by atoms with E-state index in [1.165, 1.54) is 0 Å². The van der Waals surface area contributed by atoms with Crippen LogP contribution in [0.4, 0.5) is 5.69 Å². The third-order valence-electron chi connectivity index (χ3n) is 4.22. The van der Waals surface area contributed by atoms with Gasteiger partial charge < -0.3 is 15.8 Å². The average Bonchev–Trinajstić information content (AvgIpc) is 2.43. The van der Waals surface area contributed by atoms with Gasteiger partial charge >= 0.3 is 0 Å². The summed E-state index contributed by atoms with van der Waals surface area (Å²) in [7, 11) is 0. The largest absolute Gasteiger partial charge is 0.378 e. The minimum absolute atomic E-state index is 0.0915. The number of benzene rings is 1. The molecule has 3 N–H and O–H groups in total. The lowest BCUT2D eigenvalue weighted by atomic mass is 9.83. The molecule has 2 atom stereocenters. The van der Waals surface area contributed by atoms with E-state index in [0.717, 1.165) is 35.7 Å². The minimum atomic E-state index is -0.0915. The Morgan fingerprint density at radius 2 is 2.25 bits per heavy atom. The molecule has 3 nitrogen and oxygen atoms in total. The topological polar surface area (TPSA) is 47.3 Å². The fourth-order valence-corrected chi connectivity index (χ4v) is 2.89. The van der Waals surface area contributed by atoms with Gasteiger partial charge in [-0.05, 0) is 43.4 Å². The summed E-state index contributed by atoms with van der Waals surface area (Å²) in [6.45, 7) is 7.76. The van der Waals surface area contributed by atoms with Crippen LogP contribution in [0.15, 0.2) is 18.2 Å². The number of hydrogen-bond donors (Lipinski definition) is 2. The summed E-state index contributed by atoms with van der Waals surface area (Å²) in [5.41, 5.74) is 8.10. The molecule has 1 aliphatic heterocycles. The minimum Gasteiger partial charge on any atom is -0.378 e. The first kappa shape index (κ1) is 15.6. The van der Waals surface area contributed by atoms with Gasteiger partial charge in [-0.2, -0.15) is 0 Å². The molecule has 0 bridgehead atoms. The Bertz CT molecular complexity index is 464. The van der Waals surface area contributed by atoms with Gasteiger partial charge in [-0.15, -0.1) is 0 Å². The molecule has 0 radical (unpaired) electrons. The lowest BCUT2D eigenvalue weighted by Crippen LogP contribution is -2.53. The van der Waals surface area contributed by atoms with Crippen LogP contribution < -0.4 is 11.1 Å². The Balaban J connectivity index is 2.16. The van der Waals surface area contributed by atoms with Crippen LogP contribution in [-0.2, 0) is 4.74 Å². The molecule has 20 heavy (non-hydrogen) atoms. The lowest BCUT2D eigenvalue weighted by molar-refractivity contribution is -0.0357. The quantitative estimate of drug-likeness (QED) is 0.892. The molecular formula is C16H25ClN2O. The van der Waals surface area contributed by atoms with Crippen LogP contribution in [0.1, 0.15) is 32.3 Å². The molecule has 2 rings (SSSR count). The van der Waals surface area contributed by atoms with Crippen molar-refractivity contribution in [3.05, 3.63) is 28.8 Å². The van der Waals surface area contributed by atoms with E-state index in [1.807, 2.05) is 19.1 Å². The van der Waals surface area contributed by atoms with Gasteiger partial charge in [0.1, 0.15) is 0 Å². The van der Waals surface area contributed by atoms with Crippen LogP contribution in [0.3, 0.4) is 0 Å². The van der Waals surface area contributed by atoms with Gasteiger partial charge in [0.2, 0.25) is 0 Å². The normalized spacial score (nSPS) is 26.8. The summed E-state index contributed by atoms with van der Waals surface area (Å²) >= 11 is 6.20. The highest BCUT2D eigenvalue weighted by molar-refractivity contribution is 6.31. The standard InChI is InChI=1S/C16H25ClN2O/c1-11(2)15-9-16(10-18,6-7-20-15)19-13-5-4-12(3)14(17)8-13/h4-5,8,11,15,19H,6-7,9-10,18H2,1-3H3. The number of ether oxygens (including phenoxy) is 1. The molecule has 1 aromatic rings. The van der Waals surface area contributed by atoms with Gasteiger partial charge in [0.15, 0.2) is 0 Å². The molecule has 0 saturated carbocycles. The zero-order chi connectivity index (χ0) is 14.8. The fraction of sp³-hybridized carbons (Fsp3) is 0.625. The van der Waals surface area contributed by atoms with Crippen molar-refractivity contribution in [2.45, 2.75) is 45.3 Å². The molecule has 1 saturated heterocycles. The summed E-state index contributed by atoms with van der Waals surface area (Å²) < 4.78 is 5.86. The SMILES string of the molecule is Cc1ccc(NC2(CN)CCOC(C(C)C)C2)cc1Cl. The maximum Gasteiger partial charge on any atom is 0.0620 e. The van der Waals surface area contributed by atoms with Gasteiger partial charge in [-0.25, -0.2) is 0 Å². The molecule has 0 aliphatic carbocycles. The van der Waals surface area contributed by atoms with Crippen LogP contribution in [0, 0.1) is 12.8 Å². The second-order valence-corrected chi connectivity index (χ2v) is 6.59. The molecule has 0 amide bonds. The Labute approximate surface area is 126 Å². The molecule has 0 spiro atoms. The first-order chi connectivity index (χ1) is 9.46. The van der Waals surface area contributed by atoms with Gasteiger partial charge in [0, 0.05) is 23.9 Å². The highest BCUT2D eigenvalue weighted by atomic mass is 35.5. The molecular weight excluding hydrogens is 272 g/mol. The van der Waals surface area contributed by atoms with Gasteiger partial charge in [-0.1, -0.05) is 31.5 Å². The summed E-state index contributed by atoms with van der Waals surface area (Å²) in [5, 5.41) is 4.39. The van der Waals surface area contributed by atoms with E-state index >= 15 is 0 Å². The van der Waals surface area contributed by atoms with Gasteiger partial charge in [0.05, 0.1) is 11.6 Å². The Kier molecular flexibility index (Phi) is 4.95. The zero-order valence-corrected chi connectivity index (χ0v) is 13.3. The number of anilines is 1. The first-order valence-electron chi connectivity index (χ1n) is 7.32. The maximum atomic E-state index is 6.20. The van der Waals surface area contributed by atoms with Crippen LogP contribution in [0.2, 0.25) is 5.02 Å². The van der Waals surface area contributed by atoms with Crippen molar-refractivity contribution < 1.29 is 4.74 Å². The smallest absolute Gasteiger partial charge is 0.0620 e. The molecule has 1 aromatic carbocycles. The molecule has 2 unspecified atom stereocenters. The molecule has 1 heterocycles. The van der Waals surface area contributed by atoms with Crippen molar-refractivity contribution in [2.24, 2.45) is 11.7 Å². The fourth-order valence-electron chi connectivity index (χ4n) is 2.71. The number of rotatable bonds is 4. The number of nitrogens with one attached hydrogen (secondary N) is 1. The summed E-state index contributed by atoms with van der Waals surface area (Å²) in [4.78, 5) is 0. The molecule has 112 valence electrons. The van der Waals surface area contributed by atoms with E-state index in [-0.39, 0.29) is 11.6 Å². The Morgan fingerprint density at radius 3 is 2.85 bits per heavy atom. The first-order valence-corrected chi connectivity index (χ1v) is 7.69. The van der Waals surface area contributed by atoms with Crippen LogP contribution in [0.25, 0.3) is 0 Å². The van der Waals surface area contributed by atoms with E-state index < -0.39 is 0 Å². The predicted octanol–water partition coefficient (Wildman–Crippen LogP) is 3.59. The van der Waals surface area contributed by atoms with E-state index in [0.29, 0.717) is 12.5 Å². The van der Waals surface area contributed by atoms with Crippen molar-refractivity contribution in [1.82, 2.24) is 0 Å². The highest BCUT2D eigenvalue weighted by Crippen LogP contribution is 2.32. The lowest BCUT2D eigenvalue weighted by Gasteiger charge is -2.43. The van der Waals surface area contributed by atoms with E-state index in [4.69, 9.17) is 22.1 Å². The third kappa shape index (κ3) is 3.46. The summed E-state index contributed by atoms with van der Waals surface area (Å²) in [5.74, 6) is 0.504. The molecule has 1 aliphatic rings. The molecule has 0 aromatic heterocycles. The van der Waals surface area contributed by atoms with Crippen molar-refractivity contribution in [2.75, 3.05) is 18.5 Å². The van der Waals surface area contributed by atoms with Crippen LogP contribution in [0.5, 0.6) is 0 Å². The van der Waals surface area contributed by atoms with Crippen molar-refractivity contribution in [1.29, 1.82) is 0 Å². The highest BCUT2D eigenvalue weighted by Gasteiger charge is 2.37. The van der Waals surface area contributed by atoms with Crippen molar-refractivity contribution in [3.63, 3.8) is 0 Å².